The first-order valence-corrected chi connectivity index (χ1v) is 3.62. The second-order valence-electron chi connectivity index (χ2n) is 2.06. The number of nitrogens with one attached hydrogen (secondary N) is 1. The molecule has 0 saturated heterocycles. The number of aromatic amines is 1. The van der Waals surface area contributed by atoms with Crippen molar-refractivity contribution in [1.82, 2.24) is 9.97 Å². The van der Waals surface area contributed by atoms with E-state index in [2.05, 4.69) is 26.3 Å². The topological polar surface area (TPSA) is 28.7 Å². The molecule has 0 radical (unpaired) electrons. The quantitative estimate of drug-likeness (QED) is 0.619. The van der Waals surface area contributed by atoms with E-state index in [9.17, 15) is 0 Å². The number of hydrogen-bond donors (Lipinski definition) is 1. The van der Waals surface area contributed by atoms with E-state index in [-0.39, 0.29) is 0 Å². The molecule has 1 aromatic carbocycles. The molecule has 0 bridgehead atoms. The van der Waals surface area contributed by atoms with Crippen molar-refractivity contribution in [2.45, 2.75) is 0 Å². The molecule has 2 aromatic rings. The van der Waals surface area contributed by atoms with Gasteiger partial charge in [-0.05, 0) is 0 Å². The second kappa shape index (κ2) is 2.12. The summed E-state index contributed by atoms with van der Waals surface area (Å²) in [5, 5.41) is 0. The SMILES string of the molecule is [Cr][c]1nc2ccccc2[nH]1. The van der Waals surface area contributed by atoms with Crippen LogP contribution in [0.3, 0.4) is 0 Å². The van der Waals surface area contributed by atoms with Crippen LogP contribution in [0.4, 0.5) is 0 Å². The molecule has 3 heteroatoms. The Balaban J connectivity index is 2.88. The Bertz CT molecular complexity index is 320. The molecule has 0 aliphatic carbocycles. The van der Waals surface area contributed by atoms with Crippen molar-refractivity contribution in [2.24, 2.45) is 0 Å². The van der Waals surface area contributed by atoms with Crippen LogP contribution in [0, 0.1) is 0 Å². The third kappa shape index (κ3) is 0.842. The molecule has 0 spiro atoms. The summed E-state index contributed by atoms with van der Waals surface area (Å²) in [6.07, 6.45) is 0. The molecule has 0 saturated carbocycles. The van der Waals surface area contributed by atoms with Crippen LogP contribution in [-0.4, -0.2) is 9.97 Å². The summed E-state index contributed by atoms with van der Waals surface area (Å²) in [6.45, 7) is 0. The minimum absolute atomic E-state index is 0.848. The zero-order chi connectivity index (χ0) is 6.97. The standard InChI is InChI=1S/C7H5N2.Cr/c1-2-4-7-6(3-1)8-5-9-7;/h1-4H,(H,8,9);. The molecule has 2 nitrogen and oxygen atoms in total. The second-order valence-corrected chi connectivity index (χ2v) is 2.66. The number of nitrogens with zero attached hydrogens (tertiary/aromatic N) is 1. The van der Waals surface area contributed by atoms with E-state index in [4.69, 9.17) is 0 Å². The van der Waals surface area contributed by atoms with Crippen molar-refractivity contribution in [3.05, 3.63) is 24.3 Å². The Labute approximate surface area is 66.7 Å². The van der Waals surface area contributed by atoms with Crippen LogP contribution >= 0.6 is 0 Å². The Morgan fingerprint density at radius 1 is 1.30 bits per heavy atom. The van der Waals surface area contributed by atoms with Crippen LogP contribution in [0.15, 0.2) is 24.3 Å². The molecule has 0 amide bonds. The first-order valence-electron chi connectivity index (χ1n) is 2.98. The van der Waals surface area contributed by atoms with Gasteiger partial charge in [0.2, 0.25) is 0 Å². The van der Waals surface area contributed by atoms with Crippen molar-refractivity contribution >= 4 is 15.7 Å². The van der Waals surface area contributed by atoms with E-state index < -0.39 is 0 Å². The van der Waals surface area contributed by atoms with Gasteiger partial charge >= 0.3 is 66.2 Å². The Kier molecular flexibility index (Phi) is 1.27. The van der Waals surface area contributed by atoms with Crippen LogP contribution in [-0.2, 0) is 16.3 Å². The van der Waals surface area contributed by atoms with Crippen molar-refractivity contribution in [3.63, 3.8) is 0 Å². The average molecular weight is 169 g/mol. The van der Waals surface area contributed by atoms with Crippen LogP contribution in [0.25, 0.3) is 11.0 Å². The molecule has 10 heavy (non-hydrogen) atoms. The first-order chi connectivity index (χ1) is 4.86. The summed E-state index contributed by atoms with van der Waals surface area (Å²) >= 11 is 2.82. The average Bonchev–Trinajstić information content (AvgIpc) is 2.27. The molecular weight excluding hydrogens is 164 g/mol. The molecule has 1 heterocycles. The number of para-hydroxylation sites is 2. The number of benzene rings is 1. The maximum absolute atomic E-state index is 4.20. The van der Waals surface area contributed by atoms with Crippen LogP contribution in [0.2, 0.25) is 0 Å². The monoisotopic (exact) mass is 169 g/mol. The zero-order valence-corrected chi connectivity index (χ0v) is 6.44. The molecule has 0 fully saturated rings. The Morgan fingerprint density at radius 2 is 2.10 bits per heavy atom. The van der Waals surface area contributed by atoms with Gasteiger partial charge < -0.3 is 0 Å². The fourth-order valence-electron chi connectivity index (χ4n) is 0.929. The number of rotatable bonds is 0. The van der Waals surface area contributed by atoms with E-state index in [0.29, 0.717) is 0 Å². The number of aromatic nitrogens is 2. The third-order valence-corrected chi connectivity index (χ3v) is 1.67. The molecule has 1 aromatic heterocycles. The van der Waals surface area contributed by atoms with Crippen molar-refractivity contribution in [2.75, 3.05) is 0 Å². The third-order valence-electron chi connectivity index (χ3n) is 1.37. The number of hydrogen-bond acceptors (Lipinski definition) is 1. The Morgan fingerprint density at radius 3 is 2.90 bits per heavy atom. The van der Waals surface area contributed by atoms with Gasteiger partial charge in [0.05, 0.1) is 0 Å². The fraction of sp³-hybridized carbons (Fsp3) is 0. The van der Waals surface area contributed by atoms with Gasteiger partial charge in [-0.15, -0.1) is 0 Å². The summed E-state index contributed by atoms with van der Waals surface area (Å²) in [4.78, 5) is 7.29. The van der Waals surface area contributed by atoms with Crippen LogP contribution in [0.1, 0.15) is 0 Å². The number of fused-ring (bicyclic) bond motifs is 1. The number of H-pyrrole nitrogens is 1. The molecule has 0 aliphatic rings. The first kappa shape index (κ1) is 5.97. The predicted molar refractivity (Wildman–Crippen MR) is 35.7 cm³/mol. The van der Waals surface area contributed by atoms with E-state index in [1.807, 2.05) is 24.3 Å². The van der Waals surface area contributed by atoms with Gasteiger partial charge in [-0.1, -0.05) is 0 Å². The summed E-state index contributed by atoms with van der Waals surface area (Å²) in [6, 6.07) is 7.94. The van der Waals surface area contributed by atoms with Gasteiger partial charge in [-0.3, -0.25) is 0 Å². The van der Waals surface area contributed by atoms with Crippen molar-refractivity contribution in [3.8, 4) is 0 Å². The van der Waals surface area contributed by atoms with Gasteiger partial charge in [0.1, 0.15) is 0 Å². The fourth-order valence-corrected chi connectivity index (χ4v) is 1.25. The van der Waals surface area contributed by atoms with E-state index in [1.54, 1.807) is 0 Å². The van der Waals surface area contributed by atoms with E-state index in [1.165, 1.54) is 0 Å². The zero-order valence-electron chi connectivity index (χ0n) is 5.16. The molecule has 0 atom stereocenters. The van der Waals surface area contributed by atoms with Gasteiger partial charge in [0.25, 0.3) is 0 Å². The van der Waals surface area contributed by atoms with E-state index >= 15 is 0 Å². The van der Waals surface area contributed by atoms with Gasteiger partial charge in [-0.25, -0.2) is 0 Å². The molecular formula is C7H5CrN2. The maximum atomic E-state index is 4.20. The van der Waals surface area contributed by atoms with Gasteiger partial charge in [-0.2, -0.15) is 0 Å². The molecule has 0 aliphatic heterocycles. The molecule has 1 N–H and O–H groups in total. The molecule has 0 unspecified atom stereocenters. The van der Waals surface area contributed by atoms with Gasteiger partial charge in [0.15, 0.2) is 0 Å². The minimum atomic E-state index is 0.848. The summed E-state index contributed by atoms with van der Waals surface area (Å²) in [7, 11) is 0. The molecule has 49 valence electrons. The number of imidazole rings is 1. The normalized spacial score (nSPS) is 10.4. The van der Waals surface area contributed by atoms with Gasteiger partial charge in [0, 0.05) is 0 Å². The Hall–Kier alpha value is -0.778. The predicted octanol–water partition coefficient (Wildman–Crippen LogP) is 0.735. The summed E-state index contributed by atoms with van der Waals surface area (Å²) < 4.78 is 0.848. The van der Waals surface area contributed by atoms with E-state index in [0.717, 1.165) is 15.7 Å². The summed E-state index contributed by atoms with van der Waals surface area (Å²) in [5.41, 5.74) is 2.09. The van der Waals surface area contributed by atoms with Crippen LogP contribution in [0.5, 0.6) is 0 Å². The van der Waals surface area contributed by atoms with Crippen molar-refractivity contribution in [1.29, 1.82) is 0 Å². The van der Waals surface area contributed by atoms with Crippen molar-refractivity contribution < 1.29 is 16.3 Å². The molecule has 2 rings (SSSR count). The van der Waals surface area contributed by atoms with Crippen LogP contribution < -0.4 is 4.69 Å². The summed E-state index contributed by atoms with van der Waals surface area (Å²) in [5.74, 6) is 0.